The summed E-state index contributed by atoms with van der Waals surface area (Å²) in [5.41, 5.74) is 0.276. The second-order valence-corrected chi connectivity index (χ2v) is 12.6. The van der Waals surface area contributed by atoms with Crippen LogP contribution in [-0.2, 0) is 12.8 Å². The van der Waals surface area contributed by atoms with Gasteiger partial charge in [-0.15, -0.1) is 0 Å². The predicted molar refractivity (Wildman–Crippen MR) is 175 cm³/mol. The van der Waals surface area contributed by atoms with E-state index in [1.54, 1.807) is 38.1 Å². The maximum atomic E-state index is 13.8. The van der Waals surface area contributed by atoms with E-state index < -0.39 is 45.4 Å². The number of aromatic hydroxyl groups is 6. The van der Waals surface area contributed by atoms with Crippen molar-refractivity contribution in [2.45, 2.75) is 67.2 Å². The Morgan fingerprint density at radius 1 is 0.543 bits per heavy atom. The van der Waals surface area contributed by atoms with Crippen molar-refractivity contribution >= 4 is 21.9 Å². The predicted octanol–water partition coefficient (Wildman–Crippen LogP) is 7.26. The van der Waals surface area contributed by atoms with Gasteiger partial charge in [-0.05, 0) is 62.5 Å². The first-order valence-corrected chi connectivity index (χ1v) is 15.2. The number of fused-ring (bicyclic) bond motifs is 2. The first-order chi connectivity index (χ1) is 21.6. The van der Waals surface area contributed by atoms with E-state index in [4.69, 9.17) is 8.83 Å². The molecule has 3 aromatic carbocycles. The van der Waals surface area contributed by atoms with Gasteiger partial charge in [0.1, 0.15) is 33.5 Å². The normalized spacial score (nSPS) is 11.8. The summed E-state index contributed by atoms with van der Waals surface area (Å²) in [4.78, 5) is 27.6. The lowest BCUT2D eigenvalue weighted by Gasteiger charge is -2.16. The minimum Gasteiger partial charge on any atom is -0.504 e. The number of benzene rings is 3. The van der Waals surface area contributed by atoms with E-state index in [0.29, 0.717) is 36.8 Å². The van der Waals surface area contributed by atoms with Crippen molar-refractivity contribution in [3.63, 3.8) is 0 Å². The lowest BCUT2D eigenvalue weighted by Crippen LogP contribution is -2.10. The second-order valence-electron chi connectivity index (χ2n) is 12.6. The Labute approximate surface area is 264 Å². The van der Waals surface area contributed by atoms with Crippen LogP contribution in [0.2, 0.25) is 0 Å². The average Bonchev–Trinajstić information content (AvgIpc) is 2.98. The van der Waals surface area contributed by atoms with Gasteiger partial charge < -0.3 is 39.5 Å². The van der Waals surface area contributed by atoms with E-state index in [-0.39, 0.29) is 67.5 Å². The SMILES string of the molecule is Cc1oc2c(CCC(C)C)c(O)c(O)c(O)c2c(=O)c1-c1ccc(-c2c(C)oc3c(CCC(C)C)c(O)c(O)c(O)c3c2=O)cc1. The van der Waals surface area contributed by atoms with Gasteiger partial charge in [-0.2, -0.15) is 0 Å². The van der Waals surface area contributed by atoms with Crippen LogP contribution >= 0.6 is 0 Å². The highest BCUT2D eigenvalue weighted by Gasteiger charge is 2.27. The minimum atomic E-state index is -0.794. The van der Waals surface area contributed by atoms with Gasteiger partial charge >= 0.3 is 0 Å². The van der Waals surface area contributed by atoms with E-state index in [1.807, 2.05) is 27.7 Å². The summed E-state index contributed by atoms with van der Waals surface area (Å²) in [5, 5.41) is 62.9. The van der Waals surface area contributed by atoms with Crippen molar-refractivity contribution in [1.82, 2.24) is 0 Å². The molecule has 0 bridgehead atoms. The Kier molecular flexibility index (Phi) is 8.42. The molecule has 0 saturated carbocycles. The lowest BCUT2D eigenvalue weighted by atomic mass is 9.94. The van der Waals surface area contributed by atoms with Crippen LogP contribution in [0.3, 0.4) is 0 Å². The van der Waals surface area contributed by atoms with Crippen LogP contribution in [0.15, 0.2) is 42.7 Å². The first-order valence-electron chi connectivity index (χ1n) is 15.2. The molecule has 0 aliphatic rings. The lowest BCUT2D eigenvalue weighted by molar-refractivity contribution is 0.365. The van der Waals surface area contributed by atoms with Crippen LogP contribution in [-0.4, -0.2) is 30.6 Å². The summed E-state index contributed by atoms with van der Waals surface area (Å²) in [6.45, 7) is 11.1. The van der Waals surface area contributed by atoms with Gasteiger partial charge in [-0.1, -0.05) is 52.0 Å². The summed E-state index contributed by atoms with van der Waals surface area (Å²) in [6, 6.07) is 6.34. The molecule has 0 saturated heterocycles. The summed E-state index contributed by atoms with van der Waals surface area (Å²) >= 11 is 0. The molecule has 0 aliphatic carbocycles. The summed E-state index contributed by atoms with van der Waals surface area (Å²) in [7, 11) is 0. The zero-order valence-corrected chi connectivity index (χ0v) is 26.6. The number of aryl methyl sites for hydroxylation is 4. The first kappa shape index (κ1) is 32.3. The molecule has 10 nitrogen and oxygen atoms in total. The van der Waals surface area contributed by atoms with Gasteiger partial charge in [0, 0.05) is 11.1 Å². The van der Waals surface area contributed by atoms with Crippen molar-refractivity contribution in [3.05, 3.63) is 67.4 Å². The minimum absolute atomic E-state index is 0.00239. The number of rotatable bonds is 8. The number of hydrogen-bond acceptors (Lipinski definition) is 10. The fraction of sp³-hybridized carbons (Fsp3) is 0.333. The molecular formula is C36H38O10. The summed E-state index contributed by atoms with van der Waals surface area (Å²) in [5.74, 6) is -3.25. The molecule has 6 N–H and O–H groups in total. The topological polar surface area (TPSA) is 182 Å². The Balaban J connectivity index is 1.66. The standard InChI is InChI=1S/C36H38O10/c1-15(2)7-13-21-27(37)33(43)31(41)25-29(39)23(17(5)45-35(21)25)19-9-11-20(12-10-19)24-18(6)46-36-22(14-8-16(3)4)28(38)34(44)32(42)26(36)30(24)40/h9-12,15-16,37-38,41-44H,7-8,13-14H2,1-6H3. The van der Waals surface area contributed by atoms with Crippen LogP contribution in [0.1, 0.15) is 63.2 Å². The van der Waals surface area contributed by atoms with Crippen LogP contribution in [0, 0.1) is 25.7 Å². The van der Waals surface area contributed by atoms with E-state index in [1.165, 1.54) is 0 Å². The molecule has 2 aromatic heterocycles. The van der Waals surface area contributed by atoms with E-state index in [0.717, 1.165) is 0 Å². The molecule has 46 heavy (non-hydrogen) atoms. The third kappa shape index (κ3) is 5.27. The van der Waals surface area contributed by atoms with Crippen molar-refractivity contribution < 1.29 is 39.5 Å². The Morgan fingerprint density at radius 2 is 0.870 bits per heavy atom. The number of phenolic OH excluding ortho intramolecular Hbond substituents is 6. The Bertz CT molecular complexity index is 1960. The molecule has 5 aromatic rings. The number of phenols is 6. The van der Waals surface area contributed by atoms with Gasteiger partial charge in [-0.25, -0.2) is 0 Å². The molecular weight excluding hydrogens is 592 g/mol. The zero-order valence-electron chi connectivity index (χ0n) is 26.6. The van der Waals surface area contributed by atoms with Crippen LogP contribution in [0.5, 0.6) is 34.5 Å². The summed E-state index contributed by atoms with van der Waals surface area (Å²) in [6.07, 6.45) is 1.89. The average molecular weight is 631 g/mol. The molecule has 10 heteroatoms. The molecule has 0 spiro atoms. The zero-order chi connectivity index (χ0) is 33.8. The molecule has 0 atom stereocenters. The molecule has 242 valence electrons. The quantitative estimate of drug-likeness (QED) is 0.0954. The second kappa shape index (κ2) is 12.0. The number of hydrogen-bond donors (Lipinski definition) is 6. The van der Waals surface area contributed by atoms with Crippen LogP contribution in [0.25, 0.3) is 44.2 Å². The van der Waals surface area contributed by atoms with Crippen LogP contribution in [0.4, 0.5) is 0 Å². The smallest absolute Gasteiger partial charge is 0.204 e. The van der Waals surface area contributed by atoms with Gasteiger partial charge in [0.05, 0.1) is 11.1 Å². The maximum absolute atomic E-state index is 13.8. The largest absolute Gasteiger partial charge is 0.504 e. The molecule has 0 fully saturated rings. The van der Waals surface area contributed by atoms with Gasteiger partial charge in [0.15, 0.2) is 23.0 Å². The molecule has 0 unspecified atom stereocenters. The van der Waals surface area contributed by atoms with E-state index in [2.05, 4.69) is 0 Å². The van der Waals surface area contributed by atoms with Crippen molar-refractivity contribution in [2.75, 3.05) is 0 Å². The van der Waals surface area contributed by atoms with Gasteiger partial charge in [0.2, 0.25) is 22.4 Å². The maximum Gasteiger partial charge on any atom is 0.204 e. The fourth-order valence-electron chi connectivity index (χ4n) is 5.91. The molecule has 2 heterocycles. The Morgan fingerprint density at radius 3 is 1.17 bits per heavy atom. The highest BCUT2D eigenvalue weighted by atomic mass is 16.4. The third-order valence-electron chi connectivity index (χ3n) is 8.47. The third-order valence-corrected chi connectivity index (χ3v) is 8.47. The van der Waals surface area contributed by atoms with Crippen molar-refractivity contribution in [3.8, 4) is 56.8 Å². The fourth-order valence-corrected chi connectivity index (χ4v) is 5.91. The molecule has 0 amide bonds. The monoisotopic (exact) mass is 630 g/mol. The highest BCUT2D eigenvalue weighted by Crippen LogP contribution is 2.47. The van der Waals surface area contributed by atoms with Crippen molar-refractivity contribution in [2.24, 2.45) is 11.8 Å². The molecule has 0 radical (unpaired) electrons. The highest BCUT2D eigenvalue weighted by molar-refractivity contribution is 5.96. The van der Waals surface area contributed by atoms with Gasteiger partial charge in [-0.3, -0.25) is 9.59 Å². The van der Waals surface area contributed by atoms with E-state index in [9.17, 15) is 40.2 Å². The van der Waals surface area contributed by atoms with E-state index >= 15 is 0 Å². The molecule has 5 rings (SSSR count). The molecule has 0 aliphatic heterocycles. The van der Waals surface area contributed by atoms with Crippen LogP contribution < -0.4 is 10.9 Å². The summed E-state index contributed by atoms with van der Waals surface area (Å²) < 4.78 is 12.0. The Hall–Kier alpha value is -5.12. The van der Waals surface area contributed by atoms with Crippen molar-refractivity contribution in [1.29, 1.82) is 0 Å². The van der Waals surface area contributed by atoms with Gasteiger partial charge in [0.25, 0.3) is 0 Å².